The second-order valence-electron chi connectivity index (χ2n) is 2.90. The summed E-state index contributed by atoms with van der Waals surface area (Å²) in [4.78, 5) is 10.9. The smallest absolute Gasteiger partial charge is 0.220 e. The first-order valence-electron chi connectivity index (χ1n) is 4.07. The van der Waals surface area contributed by atoms with Crippen molar-refractivity contribution in [1.29, 1.82) is 0 Å². The summed E-state index contributed by atoms with van der Waals surface area (Å²) < 4.78 is 0. The first-order chi connectivity index (χ1) is 5.16. The van der Waals surface area contributed by atoms with Gasteiger partial charge in [0.25, 0.3) is 0 Å². The van der Waals surface area contributed by atoms with Gasteiger partial charge in [-0.15, -0.1) is 0 Å². The van der Waals surface area contributed by atoms with Crippen LogP contribution in [0.1, 0.15) is 33.1 Å². The highest BCUT2D eigenvalue weighted by Gasteiger charge is 2.01. The van der Waals surface area contributed by atoms with Gasteiger partial charge in [-0.2, -0.15) is 0 Å². The van der Waals surface area contributed by atoms with Crippen LogP contribution in [0.25, 0.3) is 0 Å². The van der Waals surface area contributed by atoms with Gasteiger partial charge < -0.3 is 10.4 Å². The molecule has 0 radical (unpaired) electrons. The van der Waals surface area contributed by atoms with Gasteiger partial charge in [0.05, 0.1) is 0 Å². The molecule has 0 bridgehead atoms. The number of nitrogens with one attached hydrogen (secondary N) is 1. The van der Waals surface area contributed by atoms with E-state index in [4.69, 9.17) is 5.11 Å². The fraction of sp³-hybridized carbons (Fsp3) is 0.875. The number of unbranched alkanes of at least 4 members (excludes halogenated alkanes) is 1. The highest BCUT2D eigenvalue weighted by molar-refractivity contribution is 5.76. The summed E-state index contributed by atoms with van der Waals surface area (Å²) in [6.07, 6.45) is 2.01. The van der Waals surface area contributed by atoms with E-state index in [0.717, 1.165) is 6.42 Å². The Morgan fingerprint density at radius 3 is 2.55 bits per heavy atom. The Labute approximate surface area is 67.8 Å². The molecule has 0 fully saturated rings. The van der Waals surface area contributed by atoms with E-state index in [2.05, 4.69) is 5.32 Å². The van der Waals surface area contributed by atoms with Crippen LogP contribution in [-0.2, 0) is 4.79 Å². The summed E-state index contributed by atoms with van der Waals surface area (Å²) >= 11 is 0. The van der Waals surface area contributed by atoms with E-state index in [0.29, 0.717) is 12.8 Å². The number of aliphatic hydroxyl groups excluding tert-OH is 1. The maximum absolute atomic E-state index is 10.9. The van der Waals surface area contributed by atoms with Crippen molar-refractivity contribution in [2.75, 3.05) is 6.61 Å². The van der Waals surface area contributed by atoms with Gasteiger partial charge in [-0.25, -0.2) is 0 Å². The molecule has 0 rings (SSSR count). The molecule has 0 aromatic carbocycles. The zero-order valence-electron chi connectivity index (χ0n) is 7.26. The molecule has 0 saturated heterocycles. The maximum Gasteiger partial charge on any atom is 0.220 e. The van der Waals surface area contributed by atoms with Crippen molar-refractivity contribution >= 4 is 5.91 Å². The molecule has 0 atom stereocenters. The lowest BCUT2D eigenvalue weighted by molar-refractivity contribution is -0.121. The molecule has 0 heterocycles. The van der Waals surface area contributed by atoms with Gasteiger partial charge in [-0.05, 0) is 26.7 Å². The van der Waals surface area contributed by atoms with E-state index < -0.39 is 0 Å². The molecule has 11 heavy (non-hydrogen) atoms. The summed E-state index contributed by atoms with van der Waals surface area (Å²) in [5, 5.41) is 11.2. The van der Waals surface area contributed by atoms with Crippen molar-refractivity contribution in [2.45, 2.75) is 39.2 Å². The fourth-order valence-electron chi connectivity index (χ4n) is 0.792. The van der Waals surface area contributed by atoms with Gasteiger partial charge in [-0.3, -0.25) is 4.79 Å². The van der Waals surface area contributed by atoms with Crippen LogP contribution < -0.4 is 5.32 Å². The van der Waals surface area contributed by atoms with Crippen LogP contribution in [0.3, 0.4) is 0 Å². The molecule has 0 aliphatic rings. The molecule has 0 unspecified atom stereocenters. The largest absolute Gasteiger partial charge is 0.396 e. The van der Waals surface area contributed by atoms with Crippen LogP contribution in [0.4, 0.5) is 0 Å². The summed E-state index contributed by atoms with van der Waals surface area (Å²) in [6.45, 7) is 4.04. The van der Waals surface area contributed by atoms with Crippen molar-refractivity contribution in [3.63, 3.8) is 0 Å². The van der Waals surface area contributed by atoms with E-state index in [1.165, 1.54) is 0 Å². The summed E-state index contributed by atoms with van der Waals surface area (Å²) in [5.74, 6) is 0.0773. The van der Waals surface area contributed by atoms with Gasteiger partial charge in [0.1, 0.15) is 0 Å². The van der Waals surface area contributed by atoms with Crippen molar-refractivity contribution < 1.29 is 9.90 Å². The number of hydrogen-bond donors (Lipinski definition) is 2. The van der Waals surface area contributed by atoms with Crippen LogP contribution in [0.5, 0.6) is 0 Å². The van der Waals surface area contributed by atoms with Crippen LogP contribution in [0.2, 0.25) is 0 Å². The monoisotopic (exact) mass is 159 g/mol. The van der Waals surface area contributed by atoms with E-state index in [9.17, 15) is 4.79 Å². The second-order valence-corrected chi connectivity index (χ2v) is 2.90. The van der Waals surface area contributed by atoms with Gasteiger partial charge >= 0.3 is 0 Å². The minimum absolute atomic E-state index is 0.0773. The number of hydrogen-bond acceptors (Lipinski definition) is 2. The van der Waals surface area contributed by atoms with Crippen molar-refractivity contribution in [1.82, 2.24) is 5.32 Å². The Balaban J connectivity index is 3.23. The molecule has 1 amide bonds. The first-order valence-corrected chi connectivity index (χ1v) is 4.07. The lowest BCUT2D eigenvalue weighted by Gasteiger charge is -2.06. The first kappa shape index (κ1) is 10.4. The average molecular weight is 159 g/mol. The average Bonchev–Trinajstić information content (AvgIpc) is 1.86. The molecule has 3 nitrogen and oxygen atoms in total. The molecule has 66 valence electrons. The molecule has 0 spiro atoms. The zero-order valence-corrected chi connectivity index (χ0v) is 7.26. The molecule has 0 aliphatic carbocycles. The highest BCUT2D eigenvalue weighted by Crippen LogP contribution is 1.94. The van der Waals surface area contributed by atoms with Gasteiger partial charge in [0, 0.05) is 19.1 Å². The van der Waals surface area contributed by atoms with Crippen LogP contribution in [0, 0.1) is 0 Å². The molecule has 0 aromatic heterocycles. The lowest BCUT2D eigenvalue weighted by Crippen LogP contribution is -2.29. The molecular formula is C8H17NO2. The van der Waals surface area contributed by atoms with Crippen molar-refractivity contribution in [3.8, 4) is 0 Å². The Morgan fingerprint density at radius 1 is 1.45 bits per heavy atom. The van der Waals surface area contributed by atoms with E-state index in [-0.39, 0.29) is 18.6 Å². The quantitative estimate of drug-likeness (QED) is 0.579. The van der Waals surface area contributed by atoms with Gasteiger partial charge in [0.15, 0.2) is 0 Å². The van der Waals surface area contributed by atoms with Crippen molar-refractivity contribution in [2.24, 2.45) is 0 Å². The van der Waals surface area contributed by atoms with Gasteiger partial charge in [-0.1, -0.05) is 0 Å². The van der Waals surface area contributed by atoms with Gasteiger partial charge in [0.2, 0.25) is 5.91 Å². The highest BCUT2D eigenvalue weighted by atomic mass is 16.2. The molecule has 2 N–H and O–H groups in total. The Hall–Kier alpha value is -0.570. The third-order valence-corrected chi connectivity index (χ3v) is 1.26. The number of aliphatic hydroxyl groups is 1. The van der Waals surface area contributed by atoms with E-state index in [1.807, 2.05) is 13.8 Å². The predicted molar refractivity (Wildman–Crippen MR) is 44.2 cm³/mol. The van der Waals surface area contributed by atoms with Crippen LogP contribution >= 0.6 is 0 Å². The topological polar surface area (TPSA) is 49.3 Å². The number of carbonyl (C=O) groups excluding carboxylic acids is 1. The van der Waals surface area contributed by atoms with Crippen LogP contribution in [-0.4, -0.2) is 23.7 Å². The molecule has 0 aliphatic heterocycles. The summed E-state index contributed by atoms with van der Waals surface area (Å²) in [7, 11) is 0. The third-order valence-electron chi connectivity index (χ3n) is 1.26. The summed E-state index contributed by atoms with van der Waals surface area (Å²) in [6, 6.07) is 0.219. The lowest BCUT2D eigenvalue weighted by atomic mass is 10.2. The Morgan fingerprint density at radius 2 is 2.09 bits per heavy atom. The summed E-state index contributed by atoms with van der Waals surface area (Å²) in [5.41, 5.74) is 0. The molecule has 3 heteroatoms. The maximum atomic E-state index is 10.9. The SMILES string of the molecule is CC(C)NC(=O)CCCCO. The Kier molecular flexibility index (Phi) is 5.84. The number of rotatable bonds is 5. The molecular weight excluding hydrogens is 142 g/mol. The normalized spacial score (nSPS) is 10.2. The number of carbonyl (C=O) groups is 1. The van der Waals surface area contributed by atoms with E-state index in [1.54, 1.807) is 0 Å². The second kappa shape index (κ2) is 6.16. The van der Waals surface area contributed by atoms with Crippen molar-refractivity contribution in [3.05, 3.63) is 0 Å². The third kappa shape index (κ3) is 7.33. The molecule has 0 saturated carbocycles. The predicted octanol–water partition coefficient (Wildman–Crippen LogP) is 0.674. The van der Waals surface area contributed by atoms with E-state index >= 15 is 0 Å². The number of amides is 1. The minimum Gasteiger partial charge on any atom is -0.396 e. The molecule has 0 aromatic rings. The zero-order chi connectivity index (χ0) is 8.69. The van der Waals surface area contributed by atoms with Crippen LogP contribution in [0.15, 0.2) is 0 Å². The standard InChI is InChI=1S/C8H17NO2/c1-7(2)9-8(11)5-3-4-6-10/h7,10H,3-6H2,1-2H3,(H,9,11). The fourth-order valence-corrected chi connectivity index (χ4v) is 0.792. The minimum atomic E-state index is 0.0773. The Bertz CT molecular complexity index is 113.